The van der Waals surface area contributed by atoms with E-state index in [4.69, 9.17) is 0 Å². The molecular formula is C22H37N3O. The Kier molecular flexibility index (Phi) is 15.4. The van der Waals surface area contributed by atoms with Crippen LogP contribution in [0.3, 0.4) is 0 Å². The summed E-state index contributed by atoms with van der Waals surface area (Å²) in [5.41, 5.74) is 2.18. The fourth-order valence-electron chi connectivity index (χ4n) is 1.78. The molecule has 2 aromatic rings. The van der Waals surface area contributed by atoms with Gasteiger partial charge in [0, 0.05) is 29.5 Å². The largest absolute Gasteiger partial charge is 0.326 e. The summed E-state index contributed by atoms with van der Waals surface area (Å²) in [7, 11) is 3.78. The molecule has 0 saturated heterocycles. The van der Waals surface area contributed by atoms with Gasteiger partial charge in [-0.15, -0.1) is 0 Å². The summed E-state index contributed by atoms with van der Waals surface area (Å²) in [5, 5.41) is 8.81. The molecule has 3 N–H and O–H groups in total. The minimum absolute atomic E-state index is 0. The number of carbonyl (C=O) groups is 1. The van der Waals surface area contributed by atoms with Gasteiger partial charge in [0.2, 0.25) is 5.91 Å². The smallest absolute Gasteiger partial charge is 0.225 e. The Morgan fingerprint density at radius 2 is 1.46 bits per heavy atom. The second kappa shape index (κ2) is 17.1. The van der Waals surface area contributed by atoms with Gasteiger partial charge < -0.3 is 16.0 Å². The summed E-state index contributed by atoms with van der Waals surface area (Å²) in [6.07, 6.45) is 3.78. The van der Waals surface area contributed by atoms with Gasteiger partial charge in [0.25, 0.3) is 0 Å². The number of anilines is 1. The van der Waals surface area contributed by atoms with Crippen molar-refractivity contribution in [3.05, 3.63) is 91.5 Å². The first-order chi connectivity index (χ1) is 12.7. The monoisotopic (exact) mass is 359 g/mol. The molecule has 2 aromatic carbocycles. The molecule has 26 heavy (non-hydrogen) atoms. The topological polar surface area (TPSA) is 53.2 Å². The number of allylic oxidation sites excluding steroid dienone is 2. The fraction of sp³-hybridized carbons (Fsp3) is 0.227. The van der Waals surface area contributed by atoms with Crippen molar-refractivity contribution in [2.24, 2.45) is 0 Å². The molecule has 0 aromatic heterocycles. The Morgan fingerprint density at radius 3 is 1.92 bits per heavy atom. The van der Waals surface area contributed by atoms with Gasteiger partial charge in [0.15, 0.2) is 0 Å². The Morgan fingerprint density at radius 1 is 0.923 bits per heavy atom. The summed E-state index contributed by atoms with van der Waals surface area (Å²) in [6.45, 7) is 8.39. The van der Waals surface area contributed by atoms with Gasteiger partial charge in [-0.2, -0.15) is 0 Å². The molecule has 0 saturated carbocycles. The maximum absolute atomic E-state index is 11.2. The fourth-order valence-corrected chi connectivity index (χ4v) is 1.78. The summed E-state index contributed by atoms with van der Waals surface area (Å²) in [6, 6.07) is 19.8. The van der Waals surface area contributed by atoms with E-state index in [2.05, 4.69) is 41.2 Å². The maximum atomic E-state index is 11.2. The van der Waals surface area contributed by atoms with Crippen molar-refractivity contribution in [2.45, 2.75) is 13.0 Å². The van der Waals surface area contributed by atoms with E-state index < -0.39 is 0 Å². The van der Waals surface area contributed by atoms with Gasteiger partial charge in [-0.1, -0.05) is 73.8 Å². The number of benzene rings is 2. The second-order valence-electron chi connectivity index (χ2n) is 5.26. The molecule has 4 heteroatoms. The quantitative estimate of drug-likeness (QED) is 0.626. The molecule has 0 fully saturated rings. The van der Waals surface area contributed by atoms with Crippen LogP contribution in [0, 0.1) is 0 Å². The molecule has 0 unspecified atom stereocenters. The van der Waals surface area contributed by atoms with Crippen LogP contribution in [0.1, 0.15) is 16.3 Å². The molecule has 2 rings (SSSR count). The van der Waals surface area contributed by atoms with Crippen LogP contribution in [0.2, 0.25) is 0 Å². The molecule has 0 aliphatic heterocycles. The molecule has 0 bridgehead atoms. The molecule has 0 aliphatic carbocycles. The van der Waals surface area contributed by atoms with E-state index in [0.717, 1.165) is 12.2 Å². The number of amides is 1. The zero-order valence-corrected chi connectivity index (χ0v) is 15.9. The number of hydrogen-bond acceptors (Lipinski definition) is 3. The van der Waals surface area contributed by atoms with Crippen LogP contribution in [-0.4, -0.2) is 26.5 Å². The highest BCUT2D eigenvalue weighted by Gasteiger charge is 1.99. The normalized spacial score (nSPS) is 8.85. The summed E-state index contributed by atoms with van der Waals surface area (Å²) >= 11 is 0. The van der Waals surface area contributed by atoms with E-state index >= 15 is 0 Å². The third kappa shape index (κ3) is 13.7. The van der Waals surface area contributed by atoms with E-state index in [1.54, 1.807) is 12.2 Å². The van der Waals surface area contributed by atoms with E-state index in [1.165, 1.54) is 5.56 Å². The standard InChI is InChI=1S/C10H14N2O.C8H11N.C4H6.3H2/c1-11-8-7-10(13)12-9-5-3-2-4-6-9;1-9-7-8-5-3-2-4-6-8;1-3-4-2;;;/h2-6,11H,7-8H2,1H3,(H,12,13);2-6,9H,7H2,1H3;3-4H,1-2H2;3*1H. The first-order valence-electron chi connectivity index (χ1n) is 8.59. The lowest BCUT2D eigenvalue weighted by Crippen LogP contribution is -2.18. The van der Waals surface area contributed by atoms with Crippen LogP contribution in [-0.2, 0) is 11.3 Å². The van der Waals surface area contributed by atoms with Crippen LogP contribution in [0.5, 0.6) is 0 Å². The van der Waals surface area contributed by atoms with Crippen LogP contribution < -0.4 is 16.0 Å². The highest BCUT2D eigenvalue weighted by molar-refractivity contribution is 5.90. The minimum atomic E-state index is 0. The molecule has 1 amide bonds. The van der Waals surface area contributed by atoms with Gasteiger partial charge in [-0.25, -0.2) is 0 Å². The summed E-state index contributed by atoms with van der Waals surface area (Å²) in [5.74, 6) is 0.0422. The van der Waals surface area contributed by atoms with Crippen molar-refractivity contribution in [1.82, 2.24) is 10.6 Å². The van der Waals surface area contributed by atoms with Crippen LogP contribution in [0.25, 0.3) is 0 Å². The molecule has 0 heterocycles. The van der Waals surface area contributed by atoms with Gasteiger partial charge in [0.05, 0.1) is 0 Å². The Bertz CT molecular complexity index is 605. The number of para-hydroxylation sites is 1. The van der Waals surface area contributed by atoms with E-state index in [1.807, 2.05) is 62.6 Å². The summed E-state index contributed by atoms with van der Waals surface area (Å²) in [4.78, 5) is 11.2. The van der Waals surface area contributed by atoms with Crippen LogP contribution >= 0.6 is 0 Å². The SMILES string of the molecule is C=CC=C.CNCCC(=O)Nc1ccccc1.CNCc1ccccc1.[HH].[HH].[HH]. The molecule has 4 nitrogen and oxygen atoms in total. The average molecular weight is 360 g/mol. The Labute approximate surface area is 162 Å². The van der Waals surface area contributed by atoms with Gasteiger partial charge in [-0.3, -0.25) is 4.79 Å². The van der Waals surface area contributed by atoms with Gasteiger partial charge >= 0.3 is 0 Å². The second-order valence-corrected chi connectivity index (χ2v) is 5.26. The van der Waals surface area contributed by atoms with E-state index in [0.29, 0.717) is 13.0 Å². The lowest BCUT2D eigenvalue weighted by molar-refractivity contribution is -0.116. The molecule has 0 radical (unpaired) electrons. The minimum Gasteiger partial charge on any atom is -0.326 e. The van der Waals surface area contributed by atoms with Crippen molar-refractivity contribution in [3.8, 4) is 0 Å². The van der Waals surface area contributed by atoms with Crippen LogP contribution in [0.4, 0.5) is 5.69 Å². The number of rotatable bonds is 7. The number of nitrogens with one attached hydrogen (secondary N) is 3. The van der Waals surface area contributed by atoms with Gasteiger partial charge in [-0.05, 0) is 31.8 Å². The molecular weight excluding hydrogens is 322 g/mol. The third-order valence-electron chi connectivity index (χ3n) is 3.05. The molecule has 0 spiro atoms. The third-order valence-corrected chi connectivity index (χ3v) is 3.05. The van der Waals surface area contributed by atoms with Crippen LogP contribution in [0.15, 0.2) is 86.0 Å². The highest BCUT2D eigenvalue weighted by Crippen LogP contribution is 2.04. The predicted molar refractivity (Wildman–Crippen MR) is 120 cm³/mol. The van der Waals surface area contributed by atoms with Gasteiger partial charge in [0.1, 0.15) is 0 Å². The highest BCUT2D eigenvalue weighted by atomic mass is 16.1. The predicted octanol–water partition coefficient (Wildman–Crippen LogP) is 4.74. The van der Waals surface area contributed by atoms with E-state index in [9.17, 15) is 4.79 Å². The first-order valence-corrected chi connectivity index (χ1v) is 8.59. The van der Waals surface area contributed by atoms with Crippen molar-refractivity contribution < 1.29 is 9.07 Å². The zero-order valence-electron chi connectivity index (χ0n) is 15.9. The molecule has 146 valence electrons. The number of carbonyl (C=O) groups excluding carboxylic acids is 1. The first kappa shape index (κ1) is 23.3. The Balaban J connectivity index is -0.000000173. The summed E-state index contributed by atoms with van der Waals surface area (Å²) < 4.78 is 0. The Hall–Kier alpha value is -2.69. The molecule has 0 aliphatic rings. The lowest BCUT2D eigenvalue weighted by atomic mass is 10.2. The lowest BCUT2D eigenvalue weighted by Gasteiger charge is -2.03. The molecule has 0 atom stereocenters. The zero-order chi connectivity index (χ0) is 19.5. The van der Waals surface area contributed by atoms with Crippen molar-refractivity contribution in [3.63, 3.8) is 0 Å². The van der Waals surface area contributed by atoms with Crippen molar-refractivity contribution in [1.29, 1.82) is 0 Å². The average Bonchev–Trinajstić information content (AvgIpc) is 2.69. The van der Waals surface area contributed by atoms with Crippen molar-refractivity contribution in [2.75, 3.05) is 26.0 Å². The maximum Gasteiger partial charge on any atom is 0.225 e. The number of hydrogen-bond donors (Lipinski definition) is 3. The van der Waals surface area contributed by atoms with E-state index in [-0.39, 0.29) is 10.2 Å². The van der Waals surface area contributed by atoms with Crippen molar-refractivity contribution >= 4 is 11.6 Å².